The van der Waals surface area contributed by atoms with Crippen LogP contribution in [0, 0.1) is 0 Å². The van der Waals surface area contributed by atoms with Gasteiger partial charge in [0, 0.05) is 23.5 Å². The molecule has 0 N–H and O–H groups in total. The van der Waals surface area contributed by atoms with E-state index in [4.69, 9.17) is 0 Å². The zero-order valence-electron chi connectivity index (χ0n) is 15.3. The molecule has 0 bridgehead atoms. The van der Waals surface area contributed by atoms with E-state index in [0.717, 1.165) is 38.9 Å². The number of nitrogens with zero attached hydrogens (tertiary/aromatic N) is 2. The van der Waals surface area contributed by atoms with Gasteiger partial charge in [-0.3, -0.25) is 9.97 Å². The van der Waals surface area contributed by atoms with Crippen molar-refractivity contribution in [3.05, 3.63) is 103 Å². The summed E-state index contributed by atoms with van der Waals surface area (Å²) in [4.78, 5) is 9.34. The van der Waals surface area contributed by atoms with E-state index in [0.29, 0.717) is 0 Å². The predicted octanol–water partition coefficient (Wildman–Crippen LogP) is 6.76. The minimum Gasteiger partial charge on any atom is -0.256 e. The van der Waals surface area contributed by atoms with Crippen molar-refractivity contribution in [3.63, 3.8) is 0 Å². The van der Waals surface area contributed by atoms with E-state index in [-0.39, 0.29) is 0 Å². The average Bonchev–Trinajstić information content (AvgIpc) is 2.78. The second-order valence-corrected chi connectivity index (χ2v) is 6.70. The van der Waals surface area contributed by atoms with Crippen LogP contribution in [-0.4, -0.2) is 9.97 Å². The van der Waals surface area contributed by atoms with Gasteiger partial charge >= 0.3 is 0 Å². The number of fused-ring (bicyclic) bond motifs is 2. The van der Waals surface area contributed by atoms with Gasteiger partial charge in [0.25, 0.3) is 0 Å². The molecule has 0 saturated heterocycles. The number of hydrogen-bond donors (Lipinski definition) is 0. The molecule has 28 heavy (non-hydrogen) atoms. The normalized spacial score (nSPS) is 11.0. The Morgan fingerprint density at radius 2 is 1.14 bits per heavy atom. The van der Waals surface area contributed by atoms with E-state index in [1.165, 1.54) is 10.8 Å². The molecule has 0 aliphatic heterocycles. The number of aromatic nitrogens is 2. The highest BCUT2D eigenvalue weighted by atomic mass is 14.7. The Bertz CT molecular complexity index is 1310. The first-order chi connectivity index (χ1) is 13.9. The molecule has 2 nitrogen and oxygen atoms in total. The Morgan fingerprint density at radius 1 is 0.571 bits per heavy atom. The summed E-state index contributed by atoms with van der Waals surface area (Å²) in [6.07, 6.45) is 5.62. The van der Waals surface area contributed by atoms with Gasteiger partial charge in [-0.1, -0.05) is 67.3 Å². The highest BCUT2D eigenvalue weighted by Crippen LogP contribution is 2.43. The van der Waals surface area contributed by atoms with Gasteiger partial charge in [0.05, 0.1) is 11.4 Å². The molecule has 0 saturated carbocycles. The van der Waals surface area contributed by atoms with E-state index in [2.05, 4.69) is 71.1 Å². The minimum absolute atomic E-state index is 0.963. The Hall–Kier alpha value is -3.78. The van der Waals surface area contributed by atoms with Crippen LogP contribution in [0.2, 0.25) is 0 Å². The molecule has 0 radical (unpaired) electrons. The quantitative estimate of drug-likeness (QED) is 0.333. The highest BCUT2D eigenvalue weighted by Gasteiger charge is 2.18. The third kappa shape index (κ3) is 2.50. The Balaban J connectivity index is 2.08. The van der Waals surface area contributed by atoms with Crippen molar-refractivity contribution in [1.29, 1.82) is 0 Å². The van der Waals surface area contributed by atoms with Gasteiger partial charge in [0.2, 0.25) is 0 Å². The van der Waals surface area contributed by atoms with E-state index >= 15 is 0 Å². The first-order valence-electron chi connectivity index (χ1n) is 9.31. The number of benzene rings is 3. The summed E-state index contributed by atoms with van der Waals surface area (Å²) in [6, 6.07) is 27.0. The molecule has 5 aromatic rings. The van der Waals surface area contributed by atoms with Crippen LogP contribution in [0.5, 0.6) is 0 Å². The highest BCUT2D eigenvalue weighted by molar-refractivity contribution is 6.22. The van der Waals surface area contributed by atoms with Crippen molar-refractivity contribution in [2.75, 3.05) is 0 Å². The molecule has 5 rings (SSSR count). The maximum atomic E-state index is 4.68. The minimum atomic E-state index is 0.963. The van der Waals surface area contributed by atoms with Crippen molar-refractivity contribution in [2.45, 2.75) is 0 Å². The fraction of sp³-hybridized carbons (Fsp3) is 0. The van der Waals surface area contributed by atoms with E-state index in [1.54, 1.807) is 0 Å². The first-order valence-corrected chi connectivity index (χ1v) is 9.31. The summed E-state index contributed by atoms with van der Waals surface area (Å²) in [5.41, 5.74) is 5.32. The predicted molar refractivity (Wildman–Crippen MR) is 118 cm³/mol. The summed E-state index contributed by atoms with van der Waals surface area (Å²) < 4.78 is 0. The first kappa shape index (κ1) is 16.4. The Labute approximate surface area is 163 Å². The smallest absolute Gasteiger partial charge is 0.0714 e. The molecule has 2 heterocycles. The van der Waals surface area contributed by atoms with Crippen molar-refractivity contribution in [2.24, 2.45) is 0 Å². The van der Waals surface area contributed by atoms with Gasteiger partial charge in [0.1, 0.15) is 0 Å². The van der Waals surface area contributed by atoms with Gasteiger partial charge < -0.3 is 0 Å². The lowest BCUT2D eigenvalue weighted by atomic mass is 9.86. The van der Waals surface area contributed by atoms with Crippen molar-refractivity contribution in [1.82, 2.24) is 9.97 Å². The van der Waals surface area contributed by atoms with Crippen LogP contribution in [0.1, 0.15) is 5.56 Å². The zero-order chi connectivity index (χ0) is 18.9. The summed E-state index contributed by atoms with van der Waals surface area (Å²) in [7, 11) is 0. The van der Waals surface area contributed by atoms with Crippen molar-refractivity contribution < 1.29 is 0 Å². The largest absolute Gasteiger partial charge is 0.256 e. The third-order valence-electron chi connectivity index (χ3n) is 5.14. The Morgan fingerprint density at radius 3 is 1.75 bits per heavy atom. The van der Waals surface area contributed by atoms with Crippen LogP contribution in [0.25, 0.3) is 50.1 Å². The van der Waals surface area contributed by atoms with E-state index in [1.807, 2.05) is 42.7 Å². The fourth-order valence-electron chi connectivity index (χ4n) is 3.99. The molecule has 2 heteroatoms. The van der Waals surface area contributed by atoms with Crippen LogP contribution >= 0.6 is 0 Å². The number of rotatable bonds is 3. The van der Waals surface area contributed by atoms with Crippen LogP contribution in [0.15, 0.2) is 97.8 Å². The number of hydrogen-bond acceptors (Lipinski definition) is 2. The van der Waals surface area contributed by atoms with Gasteiger partial charge in [-0.25, -0.2) is 0 Å². The molecule has 0 unspecified atom stereocenters. The molecule has 0 aliphatic carbocycles. The molecule has 0 amide bonds. The van der Waals surface area contributed by atoms with Crippen molar-refractivity contribution >= 4 is 27.6 Å². The Kier molecular flexibility index (Phi) is 3.95. The number of pyridine rings is 2. The van der Waals surface area contributed by atoms with Gasteiger partial charge in [-0.15, -0.1) is 0 Å². The lowest BCUT2D eigenvalue weighted by Gasteiger charge is -2.18. The van der Waals surface area contributed by atoms with E-state index < -0.39 is 0 Å². The monoisotopic (exact) mass is 358 g/mol. The van der Waals surface area contributed by atoms with Crippen LogP contribution in [0.3, 0.4) is 0 Å². The second-order valence-electron chi connectivity index (χ2n) is 6.70. The van der Waals surface area contributed by atoms with Gasteiger partial charge in [-0.2, -0.15) is 0 Å². The summed E-state index contributed by atoms with van der Waals surface area (Å²) >= 11 is 0. The van der Waals surface area contributed by atoms with Crippen LogP contribution in [-0.2, 0) is 0 Å². The zero-order valence-corrected chi connectivity index (χ0v) is 15.3. The lowest BCUT2D eigenvalue weighted by Crippen LogP contribution is -1.94. The van der Waals surface area contributed by atoms with E-state index in [9.17, 15) is 0 Å². The molecule has 0 fully saturated rings. The second kappa shape index (κ2) is 6.75. The molecular weight excluding hydrogens is 340 g/mol. The third-order valence-corrected chi connectivity index (χ3v) is 5.14. The lowest BCUT2D eigenvalue weighted by molar-refractivity contribution is 1.33. The average molecular weight is 358 g/mol. The molecular formula is C26H18N2. The molecule has 3 aromatic carbocycles. The van der Waals surface area contributed by atoms with Gasteiger partial charge in [-0.05, 0) is 51.4 Å². The fourth-order valence-corrected chi connectivity index (χ4v) is 3.99. The summed E-state index contributed by atoms with van der Waals surface area (Å²) in [5.74, 6) is 0. The molecule has 2 aromatic heterocycles. The summed E-state index contributed by atoms with van der Waals surface area (Å²) in [6.45, 7) is 4.06. The SMILES string of the molecule is C=Cc1cccc2c(-c3ccccn3)c3ccccc3c(-c3ccccn3)c12. The van der Waals surface area contributed by atoms with Crippen LogP contribution < -0.4 is 0 Å². The maximum Gasteiger partial charge on any atom is 0.0714 e. The molecule has 132 valence electrons. The van der Waals surface area contributed by atoms with Crippen LogP contribution in [0.4, 0.5) is 0 Å². The summed E-state index contributed by atoms with van der Waals surface area (Å²) in [5, 5.41) is 4.67. The molecule has 0 aliphatic rings. The molecule has 0 spiro atoms. The van der Waals surface area contributed by atoms with Gasteiger partial charge in [0.15, 0.2) is 0 Å². The topological polar surface area (TPSA) is 25.8 Å². The maximum absolute atomic E-state index is 4.68. The van der Waals surface area contributed by atoms with Crippen molar-refractivity contribution in [3.8, 4) is 22.5 Å². The standard InChI is InChI=1S/C26H18N2/c1-2-18-10-9-13-21-24(18)26(23-15-6-8-17-28-23)20-12-4-3-11-19(20)25(21)22-14-5-7-16-27-22/h2-17H,1H2. The molecule has 0 atom stereocenters.